The van der Waals surface area contributed by atoms with Crippen LogP contribution < -0.4 is 10.6 Å². The highest BCUT2D eigenvalue weighted by Crippen LogP contribution is 2.32. The van der Waals surface area contributed by atoms with E-state index in [9.17, 15) is 9.90 Å². The van der Waals surface area contributed by atoms with Gasteiger partial charge in [0.1, 0.15) is 0 Å². The van der Waals surface area contributed by atoms with E-state index in [0.29, 0.717) is 12.8 Å². The Balaban J connectivity index is 1.71. The van der Waals surface area contributed by atoms with Crippen LogP contribution in [-0.4, -0.2) is 29.7 Å². The third-order valence-corrected chi connectivity index (χ3v) is 3.86. The van der Waals surface area contributed by atoms with Crippen LogP contribution in [0.3, 0.4) is 0 Å². The molecule has 1 aliphatic carbocycles. The number of aliphatic hydroxyl groups excluding tert-OH is 1. The van der Waals surface area contributed by atoms with E-state index in [1.54, 1.807) is 0 Å². The van der Waals surface area contributed by atoms with E-state index < -0.39 is 0 Å². The number of fused-ring (bicyclic) bond motifs is 1. The number of para-hydroxylation sites is 1. The molecule has 1 heterocycles. The molecule has 0 saturated heterocycles. The van der Waals surface area contributed by atoms with Gasteiger partial charge in [-0.05, 0) is 30.9 Å². The van der Waals surface area contributed by atoms with Gasteiger partial charge in [-0.15, -0.1) is 0 Å². The van der Waals surface area contributed by atoms with Crippen molar-refractivity contribution in [3.63, 3.8) is 0 Å². The summed E-state index contributed by atoms with van der Waals surface area (Å²) in [5.74, 6) is 0.0426. The number of carbonyl (C=O) groups is 1. The van der Waals surface area contributed by atoms with Crippen LogP contribution in [0.4, 0.5) is 5.69 Å². The highest BCUT2D eigenvalue weighted by atomic mass is 16.3. The molecule has 0 aromatic heterocycles. The second kappa shape index (κ2) is 4.61. The van der Waals surface area contributed by atoms with E-state index in [0.717, 1.165) is 24.2 Å². The van der Waals surface area contributed by atoms with Crippen LogP contribution in [0.1, 0.15) is 30.7 Å². The molecule has 3 N–H and O–H groups in total. The molecule has 1 atom stereocenters. The third kappa shape index (κ3) is 2.08. The topological polar surface area (TPSA) is 61.4 Å². The van der Waals surface area contributed by atoms with Gasteiger partial charge in [0.05, 0.1) is 12.0 Å². The summed E-state index contributed by atoms with van der Waals surface area (Å²) in [5, 5.41) is 15.6. The first kappa shape index (κ1) is 11.5. The maximum absolute atomic E-state index is 12.3. The van der Waals surface area contributed by atoms with Crippen molar-refractivity contribution < 1.29 is 9.90 Å². The number of aliphatic hydroxyl groups is 1. The first-order valence-corrected chi connectivity index (χ1v) is 6.55. The van der Waals surface area contributed by atoms with E-state index in [1.807, 2.05) is 24.3 Å². The molecule has 1 saturated carbocycles. The monoisotopic (exact) mass is 246 g/mol. The summed E-state index contributed by atoms with van der Waals surface area (Å²) in [6, 6.07) is 8.14. The van der Waals surface area contributed by atoms with E-state index in [1.165, 1.54) is 0 Å². The number of anilines is 1. The lowest BCUT2D eigenvalue weighted by Gasteiger charge is -2.34. The minimum absolute atomic E-state index is 0.0554. The Morgan fingerprint density at radius 3 is 2.89 bits per heavy atom. The van der Waals surface area contributed by atoms with Crippen molar-refractivity contribution in [2.75, 3.05) is 11.9 Å². The molecule has 0 spiro atoms. The van der Waals surface area contributed by atoms with Crippen LogP contribution in [-0.2, 0) is 4.79 Å². The maximum atomic E-state index is 12.3. The summed E-state index contributed by atoms with van der Waals surface area (Å²) in [6.07, 6.45) is 1.99. The quantitative estimate of drug-likeness (QED) is 0.735. The SMILES string of the molecule is O=C(NC1CC(O)C1)C1CCNc2ccccc21. The molecule has 1 aromatic rings. The van der Waals surface area contributed by atoms with Crippen molar-refractivity contribution in [1.82, 2.24) is 5.32 Å². The van der Waals surface area contributed by atoms with Gasteiger partial charge < -0.3 is 15.7 Å². The summed E-state index contributed by atoms with van der Waals surface area (Å²) < 4.78 is 0. The number of carbonyl (C=O) groups excluding carboxylic acids is 1. The molecule has 4 heteroatoms. The molecule has 2 aliphatic rings. The normalized spacial score (nSPS) is 29.7. The fourth-order valence-corrected chi connectivity index (χ4v) is 2.75. The van der Waals surface area contributed by atoms with Crippen LogP contribution >= 0.6 is 0 Å². The smallest absolute Gasteiger partial charge is 0.227 e. The van der Waals surface area contributed by atoms with Crippen LogP contribution in [0.25, 0.3) is 0 Å². The van der Waals surface area contributed by atoms with E-state index >= 15 is 0 Å². The van der Waals surface area contributed by atoms with E-state index in [2.05, 4.69) is 10.6 Å². The van der Waals surface area contributed by atoms with Gasteiger partial charge in [-0.25, -0.2) is 0 Å². The molecule has 1 unspecified atom stereocenters. The van der Waals surface area contributed by atoms with Crippen molar-refractivity contribution in [1.29, 1.82) is 0 Å². The second-order valence-electron chi connectivity index (χ2n) is 5.19. The van der Waals surface area contributed by atoms with Crippen molar-refractivity contribution in [3.8, 4) is 0 Å². The average molecular weight is 246 g/mol. The van der Waals surface area contributed by atoms with Crippen LogP contribution in [0.5, 0.6) is 0 Å². The van der Waals surface area contributed by atoms with Crippen molar-refractivity contribution in [2.45, 2.75) is 37.3 Å². The molecule has 1 fully saturated rings. The minimum atomic E-state index is -0.226. The van der Waals surface area contributed by atoms with Gasteiger partial charge in [0.15, 0.2) is 0 Å². The second-order valence-corrected chi connectivity index (χ2v) is 5.19. The Morgan fingerprint density at radius 1 is 1.33 bits per heavy atom. The Labute approximate surface area is 106 Å². The molecule has 1 aromatic carbocycles. The molecule has 0 radical (unpaired) electrons. The largest absolute Gasteiger partial charge is 0.393 e. The Hall–Kier alpha value is -1.55. The Morgan fingerprint density at radius 2 is 2.11 bits per heavy atom. The average Bonchev–Trinajstić information content (AvgIpc) is 2.36. The Kier molecular flexibility index (Phi) is 2.96. The highest BCUT2D eigenvalue weighted by Gasteiger charge is 2.32. The maximum Gasteiger partial charge on any atom is 0.227 e. The predicted octanol–water partition coefficient (Wildman–Crippen LogP) is 1.23. The number of hydrogen-bond donors (Lipinski definition) is 3. The summed E-state index contributed by atoms with van der Waals surface area (Å²) >= 11 is 0. The third-order valence-electron chi connectivity index (χ3n) is 3.86. The number of hydrogen-bond acceptors (Lipinski definition) is 3. The van der Waals surface area contributed by atoms with E-state index in [-0.39, 0.29) is 24.0 Å². The van der Waals surface area contributed by atoms with Gasteiger partial charge >= 0.3 is 0 Å². The van der Waals surface area contributed by atoms with Gasteiger partial charge in [0.25, 0.3) is 0 Å². The van der Waals surface area contributed by atoms with Crippen LogP contribution in [0, 0.1) is 0 Å². The molecular weight excluding hydrogens is 228 g/mol. The number of nitrogens with one attached hydrogen (secondary N) is 2. The number of rotatable bonds is 2. The molecule has 0 bridgehead atoms. The minimum Gasteiger partial charge on any atom is -0.393 e. The molecule has 1 amide bonds. The zero-order valence-corrected chi connectivity index (χ0v) is 10.2. The van der Waals surface area contributed by atoms with E-state index in [4.69, 9.17) is 0 Å². The fraction of sp³-hybridized carbons (Fsp3) is 0.500. The molecule has 96 valence electrons. The van der Waals surface area contributed by atoms with Crippen LogP contribution in [0.2, 0.25) is 0 Å². The lowest BCUT2D eigenvalue weighted by atomic mass is 9.86. The molecule has 4 nitrogen and oxygen atoms in total. The highest BCUT2D eigenvalue weighted by molar-refractivity contribution is 5.86. The van der Waals surface area contributed by atoms with Crippen molar-refractivity contribution in [2.24, 2.45) is 0 Å². The van der Waals surface area contributed by atoms with Gasteiger partial charge in [0.2, 0.25) is 5.91 Å². The summed E-state index contributed by atoms with van der Waals surface area (Å²) in [6.45, 7) is 0.836. The molecule has 1 aliphatic heterocycles. The summed E-state index contributed by atoms with van der Waals surface area (Å²) in [5.41, 5.74) is 2.15. The van der Waals surface area contributed by atoms with Crippen molar-refractivity contribution in [3.05, 3.63) is 29.8 Å². The predicted molar refractivity (Wildman–Crippen MR) is 69.5 cm³/mol. The zero-order chi connectivity index (χ0) is 12.5. The molecule has 18 heavy (non-hydrogen) atoms. The van der Waals surface area contributed by atoms with Gasteiger partial charge in [-0.2, -0.15) is 0 Å². The summed E-state index contributed by atoms with van der Waals surface area (Å²) in [4.78, 5) is 12.3. The number of amides is 1. The first-order chi connectivity index (χ1) is 8.74. The van der Waals surface area contributed by atoms with Crippen LogP contribution in [0.15, 0.2) is 24.3 Å². The standard InChI is InChI=1S/C14H18N2O2/c17-10-7-9(8-10)16-14(18)12-5-6-15-13-4-2-1-3-11(12)13/h1-4,9-10,12,15,17H,5-8H2,(H,16,18). The summed E-state index contributed by atoms with van der Waals surface area (Å²) in [7, 11) is 0. The first-order valence-electron chi connectivity index (χ1n) is 6.55. The number of benzene rings is 1. The molecular formula is C14H18N2O2. The van der Waals surface area contributed by atoms with Gasteiger partial charge in [0, 0.05) is 18.3 Å². The molecule has 3 rings (SSSR count). The fourth-order valence-electron chi connectivity index (χ4n) is 2.75. The van der Waals surface area contributed by atoms with Gasteiger partial charge in [-0.3, -0.25) is 4.79 Å². The van der Waals surface area contributed by atoms with Crippen molar-refractivity contribution >= 4 is 11.6 Å². The van der Waals surface area contributed by atoms with Gasteiger partial charge in [-0.1, -0.05) is 18.2 Å². The zero-order valence-electron chi connectivity index (χ0n) is 10.2. The lowest BCUT2D eigenvalue weighted by Crippen LogP contribution is -2.48. The Bertz CT molecular complexity index is 455. The lowest BCUT2D eigenvalue weighted by molar-refractivity contribution is -0.124.